The van der Waals surface area contributed by atoms with E-state index in [1.54, 1.807) is 6.92 Å². The second-order valence-corrected chi connectivity index (χ2v) is 9.18. The maximum absolute atomic E-state index is 12.4. The van der Waals surface area contributed by atoms with Crippen molar-refractivity contribution in [1.29, 1.82) is 0 Å². The molecule has 0 aliphatic rings. The molecule has 0 fully saturated rings. The van der Waals surface area contributed by atoms with E-state index in [1.807, 2.05) is 72.8 Å². The zero-order valence-corrected chi connectivity index (χ0v) is 21.4. The van der Waals surface area contributed by atoms with Crippen LogP contribution in [0.25, 0.3) is 10.8 Å². The van der Waals surface area contributed by atoms with E-state index in [9.17, 15) is 9.59 Å². The van der Waals surface area contributed by atoms with Gasteiger partial charge in [0.2, 0.25) is 0 Å². The number of hydrogen-bond acceptors (Lipinski definition) is 2. The van der Waals surface area contributed by atoms with E-state index in [1.165, 1.54) is 51.4 Å². The van der Waals surface area contributed by atoms with Crippen molar-refractivity contribution in [2.24, 2.45) is 5.92 Å². The van der Waals surface area contributed by atoms with Crippen LogP contribution in [0.4, 0.5) is 0 Å². The number of unbranched alkanes of at least 4 members (excludes halogenated alkanes) is 7. The molecule has 2 heteroatoms. The Balaban J connectivity index is 0.000000266. The molecule has 0 saturated heterocycles. The lowest BCUT2D eigenvalue weighted by molar-refractivity contribution is 0.0907. The molecule has 34 heavy (non-hydrogen) atoms. The van der Waals surface area contributed by atoms with Gasteiger partial charge in [0, 0.05) is 17.0 Å². The van der Waals surface area contributed by atoms with Gasteiger partial charge in [0.05, 0.1) is 0 Å². The Labute approximate surface area is 206 Å². The summed E-state index contributed by atoms with van der Waals surface area (Å²) in [6.45, 7) is 5.99. The van der Waals surface area contributed by atoms with E-state index in [4.69, 9.17) is 0 Å². The van der Waals surface area contributed by atoms with E-state index in [0.717, 1.165) is 34.7 Å². The van der Waals surface area contributed by atoms with E-state index in [0.29, 0.717) is 5.78 Å². The van der Waals surface area contributed by atoms with E-state index in [-0.39, 0.29) is 11.7 Å². The van der Waals surface area contributed by atoms with E-state index >= 15 is 0 Å². The summed E-state index contributed by atoms with van der Waals surface area (Å²) < 4.78 is 0. The second-order valence-electron chi connectivity index (χ2n) is 9.18. The fourth-order valence-electron chi connectivity index (χ4n) is 4.42. The summed E-state index contributed by atoms with van der Waals surface area (Å²) in [7, 11) is 0. The van der Waals surface area contributed by atoms with Crippen LogP contribution in [0.5, 0.6) is 0 Å². The smallest absolute Gasteiger partial charge is 0.165 e. The van der Waals surface area contributed by atoms with Crippen LogP contribution < -0.4 is 0 Å². The molecule has 3 aromatic rings. The highest BCUT2D eigenvalue weighted by Gasteiger charge is 2.17. The molecule has 0 aliphatic carbocycles. The number of Topliss-reactive ketones (excluding diaryl/α,β-unsaturated/α-hetero) is 2. The Hall–Kier alpha value is -2.74. The highest BCUT2D eigenvalue weighted by molar-refractivity contribution is 6.06. The molecule has 0 radical (unpaired) electrons. The van der Waals surface area contributed by atoms with Crippen LogP contribution in [0, 0.1) is 5.92 Å². The van der Waals surface area contributed by atoms with Gasteiger partial charge in [-0.25, -0.2) is 0 Å². The van der Waals surface area contributed by atoms with Gasteiger partial charge in [0.1, 0.15) is 0 Å². The number of ketones is 2. The Bertz CT molecular complexity index is 985. The fourth-order valence-corrected chi connectivity index (χ4v) is 4.42. The van der Waals surface area contributed by atoms with Crippen LogP contribution in [0.3, 0.4) is 0 Å². The predicted octanol–water partition coefficient (Wildman–Crippen LogP) is 9.47. The summed E-state index contributed by atoms with van der Waals surface area (Å²) >= 11 is 0. The molecule has 3 aromatic carbocycles. The Morgan fingerprint density at radius 3 is 1.91 bits per heavy atom. The molecule has 0 N–H and O–H groups in total. The maximum Gasteiger partial charge on any atom is 0.165 e. The monoisotopic (exact) mass is 458 g/mol. The first-order valence-electron chi connectivity index (χ1n) is 13.2. The molecule has 0 saturated carbocycles. The molecule has 0 aliphatic heterocycles. The molecular formula is C32H42O2. The quantitative estimate of drug-likeness (QED) is 0.189. The normalized spacial score (nSPS) is 11.5. The number of carbonyl (C=O) groups excluding carboxylic acids is 2. The van der Waals surface area contributed by atoms with Crippen molar-refractivity contribution in [2.75, 3.05) is 0 Å². The SMILES string of the molecule is CC(=O)c1cccc2ccccc12.CCCCCCCCCCC(CC)C(=O)c1ccccc1. The Kier molecular flexibility index (Phi) is 12.9. The van der Waals surface area contributed by atoms with Crippen LogP contribution in [-0.4, -0.2) is 11.6 Å². The first kappa shape index (κ1) is 27.5. The molecule has 182 valence electrons. The van der Waals surface area contributed by atoms with Gasteiger partial charge in [0.15, 0.2) is 11.6 Å². The Morgan fingerprint density at radius 2 is 1.26 bits per heavy atom. The average molecular weight is 459 g/mol. The van der Waals surface area contributed by atoms with E-state index in [2.05, 4.69) is 13.8 Å². The molecule has 0 amide bonds. The van der Waals surface area contributed by atoms with Crippen LogP contribution in [0.15, 0.2) is 72.8 Å². The van der Waals surface area contributed by atoms with Gasteiger partial charge in [-0.15, -0.1) is 0 Å². The zero-order chi connectivity index (χ0) is 24.6. The topological polar surface area (TPSA) is 34.1 Å². The number of rotatable bonds is 13. The minimum atomic E-state index is 0.122. The zero-order valence-electron chi connectivity index (χ0n) is 21.4. The third-order valence-corrected chi connectivity index (χ3v) is 6.50. The predicted molar refractivity (Wildman–Crippen MR) is 146 cm³/mol. The van der Waals surface area contributed by atoms with E-state index < -0.39 is 0 Å². The first-order valence-corrected chi connectivity index (χ1v) is 13.2. The Morgan fingerprint density at radius 1 is 0.676 bits per heavy atom. The van der Waals surface area contributed by atoms with Crippen molar-refractivity contribution in [2.45, 2.75) is 85.0 Å². The molecular weight excluding hydrogens is 416 g/mol. The molecule has 1 unspecified atom stereocenters. The molecule has 1 atom stereocenters. The van der Waals surface area contributed by atoms with Gasteiger partial charge in [-0.3, -0.25) is 9.59 Å². The molecule has 0 heterocycles. The highest BCUT2D eigenvalue weighted by atomic mass is 16.1. The minimum absolute atomic E-state index is 0.122. The summed E-state index contributed by atoms with van der Waals surface area (Å²) in [5.74, 6) is 0.672. The molecule has 0 spiro atoms. The van der Waals surface area contributed by atoms with Gasteiger partial charge >= 0.3 is 0 Å². The number of fused-ring (bicyclic) bond motifs is 1. The van der Waals surface area contributed by atoms with Crippen molar-refractivity contribution >= 4 is 22.3 Å². The van der Waals surface area contributed by atoms with Gasteiger partial charge in [-0.05, 0) is 30.5 Å². The van der Waals surface area contributed by atoms with Crippen molar-refractivity contribution < 1.29 is 9.59 Å². The minimum Gasteiger partial charge on any atom is -0.294 e. The summed E-state index contributed by atoms with van der Waals surface area (Å²) in [6.07, 6.45) is 12.7. The molecule has 3 rings (SSSR count). The lowest BCUT2D eigenvalue weighted by atomic mass is 9.90. The van der Waals surface area contributed by atoms with Crippen LogP contribution in [0.1, 0.15) is 106 Å². The fraction of sp³-hybridized carbons (Fsp3) is 0.438. The summed E-state index contributed by atoms with van der Waals surface area (Å²) in [5.41, 5.74) is 1.68. The van der Waals surface area contributed by atoms with Gasteiger partial charge in [-0.1, -0.05) is 138 Å². The van der Waals surface area contributed by atoms with Crippen molar-refractivity contribution in [3.8, 4) is 0 Å². The molecule has 2 nitrogen and oxygen atoms in total. The summed E-state index contributed by atoms with van der Waals surface area (Å²) in [5, 5.41) is 2.16. The summed E-state index contributed by atoms with van der Waals surface area (Å²) in [4.78, 5) is 23.7. The number of carbonyl (C=O) groups is 2. The highest BCUT2D eigenvalue weighted by Crippen LogP contribution is 2.20. The first-order chi connectivity index (χ1) is 16.6. The lowest BCUT2D eigenvalue weighted by Crippen LogP contribution is -2.13. The number of benzene rings is 3. The maximum atomic E-state index is 12.4. The van der Waals surface area contributed by atoms with Gasteiger partial charge in [-0.2, -0.15) is 0 Å². The summed E-state index contributed by atoms with van der Waals surface area (Å²) in [6, 6.07) is 23.5. The van der Waals surface area contributed by atoms with Crippen LogP contribution >= 0.6 is 0 Å². The van der Waals surface area contributed by atoms with Crippen LogP contribution in [0.2, 0.25) is 0 Å². The average Bonchev–Trinajstić information content (AvgIpc) is 2.88. The van der Waals surface area contributed by atoms with Gasteiger partial charge < -0.3 is 0 Å². The van der Waals surface area contributed by atoms with Gasteiger partial charge in [0.25, 0.3) is 0 Å². The molecule has 0 aromatic heterocycles. The van der Waals surface area contributed by atoms with Crippen LogP contribution in [-0.2, 0) is 0 Å². The third kappa shape index (κ3) is 9.25. The number of hydrogen-bond donors (Lipinski definition) is 0. The second kappa shape index (κ2) is 16.0. The van der Waals surface area contributed by atoms with Crippen molar-refractivity contribution in [1.82, 2.24) is 0 Å². The lowest BCUT2D eigenvalue weighted by Gasteiger charge is -2.13. The standard InChI is InChI=1S/C20H32O.C12H10O/c1-3-5-6-7-8-9-10-12-15-18(4-2)20(21)19-16-13-11-14-17-19;1-9(13)11-8-4-6-10-5-2-3-7-12(10)11/h11,13-14,16-18H,3-10,12,15H2,1-2H3;2-8H,1H3. The van der Waals surface area contributed by atoms with Crippen molar-refractivity contribution in [3.63, 3.8) is 0 Å². The third-order valence-electron chi connectivity index (χ3n) is 6.50. The molecule has 0 bridgehead atoms. The largest absolute Gasteiger partial charge is 0.294 e. The van der Waals surface area contributed by atoms with Crippen molar-refractivity contribution in [3.05, 3.63) is 83.9 Å².